The predicted molar refractivity (Wildman–Crippen MR) is 69.5 cm³/mol. The van der Waals surface area contributed by atoms with Crippen LogP contribution in [-0.4, -0.2) is 17.4 Å². The number of hydrogen-bond donors (Lipinski definition) is 0. The zero-order valence-corrected chi connectivity index (χ0v) is 10.3. The molecule has 0 saturated carbocycles. The number of hydrogen-bond acceptors (Lipinski definition) is 1. The molecule has 0 spiro atoms. The number of carbonyl (C=O) groups excluding carboxylic acids is 1. The van der Waals surface area contributed by atoms with Gasteiger partial charge in [-0.2, -0.15) is 0 Å². The van der Waals surface area contributed by atoms with Crippen LogP contribution in [0.5, 0.6) is 0 Å². The summed E-state index contributed by atoms with van der Waals surface area (Å²) < 4.78 is 0. The molecule has 1 amide bonds. The van der Waals surface area contributed by atoms with Crippen molar-refractivity contribution in [3.05, 3.63) is 48.6 Å². The third-order valence-corrected chi connectivity index (χ3v) is 3.49. The molecule has 1 aliphatic rings. The Kier molecular flexibility index (Phi) is 3.62. The maximum Gasteiger partial charge on any atom is 0.223 e. The molecule has 0 radical (unpaired) electrons. The molecule has 2 atom stereocenters. The summed E-state index contributed by atoms with van der Waals surface area (Å²) in [4.78, 5) is 14.0. The van der Waals surface area contributed by atoms with E-state index < -0.39 is 0 Å². The molecule has 1 aromatic carbocycles. The van der Waals surface area contributed by atoms with Gasteiger partial charge in [0.15, 0.2) is 0 Å². The summed E-state index contributed by atoms with van der Waals surface area (Å²) in [5, 5.41) is 0. The van der Waals surface area contributed by atoms with E-state index in [0.29, 0.717) is 12.3 Å². The van der Waals surface area contributed by atoms with Crippen molar-refractivity contribution < 1.29 is 4.79 Å². The smallest absolute Gasteiger partial charge is 0.223 e. The molecule has 1 fully saturated rings. The molecule has 1 aromatic rings. The molecule has 1 aliphatic heterocycles. The molecule has 17 heavy (non-hydrogen) atoms. The Bertz CT molecular complexity index is 399. The van der Waals surface area contributed by atoms with Crippen molar-refractivity contribution in [3.63, 3.8) is 0 Å². The molecule has 90 valence electrons. The number of allylic oxidation sites excluding steroid dienone is 1. The average molecular weight is 229 g/mol. The van der Waals surface area contributed by atoms with Crippen molar-refractivity contribution in [2.24, 2.45) is 5.92 Å². The number of likely N-dealkylation sites (tertiary alicyclic amines) is 1. The van der Waals surface area contributed by atoms with Crippen LogP contribution in [-0.2, 0) is 4.79 Å². The van der Waals surface area contributed by atoms with Crippen LogP contribution in [0.2, 0.25) is 0 Å². The fourth-order valence-electron chi connectivity index (χ4n) is 2.49. The molecule has 0 aliphatic carbocycles. The van der Waals surface area contributed by atoms with Gasteiger partial charge in [-0.1, -0.05) is 36.4 Å². The van der Waals surface area contributed by atoms with E-state index in [2.05, 4.69) is 25.6 Å². The Balaban J connectivity index is 2.08. The first-order chi connectivity index (χ1) is 8.22. The summed E-state index contributed by atoms with van der Waals surface area (Å²) in [5.41, 5.74) is 1.21. The van der Waals surface area contributed by atoms with Gasteiger partial charge in [0.1, 0.15) is 0 Å². The van der Waals surface area contributed by atoms with Gasteiger partial charge in [-0.3, -0.25) is 4.79 Å². The molecule has 0 bridgehead atoms. The standard InChI is InChI=1S/C15H19NO/c1-3-7-13-10-15(17)16(11-13)12(2)14-8-5-4-6-9-14/h3-6,8-9,12-13H,1,7,10-11H2,2H3. The first-order valence-corrected chi connectivity index (χ1v) is 6.17. The highest BCUT2D eigenvalue weighted by atomic mass is 16.2. The first kappa shape index (κ1) is 11.9. The maximum absolute atomic E-state index is 12.0. The number of carbonyl (C=O) groups is 1. The van der Waals surface area contributed by atoms with Crippen LogP contribution in [0.1, 0.15) is 31.4 Å². The van der Waals surface area contributed by atoms with Crippen molar-refractivity contribution in [2.45, 2.75) is 25.8 Å². The lowest BCUT2D eigenvalue weighted by Gasteiger charge is -2.25. The zero-order chi connectivity index (χ0) is 12.3. The van der Waals surface area contributed by atoms with Crippen LogP contribution in [0, 0.1) is 5.92 Å². The molecule has 2 nitrogen and oxygen atoms in total. The maximum atomic E-state index is 12.0. The van der Waals surface area contributed by atoms with Gasteiger partial charge in [-0.05, 0) is 24.8 Å². The van der Waals surface area contributed by atoms with E-state index in [9.17, 15) is 4.79 Å². The Labute approximate surface area is 103 Å². The summed E-state index contributed by atoms with van der Waals surface area (Å²) in [7, 11) is 0. The Hall–Kier alpha value is -1.57. The SMILES string of the molecule is C=CCC1CC(=O)N(C(C)c2ccccc2)C1. The Morgan fingerprint density at radius 2 is 2.18 bits per heavy atom. The van der Waals surface area contributed by atoms with Crippen molar-refractivity contribution in [2.75, 3.05) is 6.54 Å². The fourth-order valence-corrected chi connectivity index (χ4v) is 2.49. The van der Waals surface area contributed by atoms with E-state index in [1.54, 1.807) is 0 Å². The highest BCUT2D eigenvalue weighted by Gasteiger charge is 2.32. The van der Waals surface area contributed by atoms with E-state index in [0.717, 1.165) is 13.0 Å². The van der Waals surface area contributed by atoms with E-state index in [4.69, 9.17) is 0 Å². The second-order valence-corrected chi connectivity index (χ2v) is 4.73. The summed E-state index contributed by atoms with van der Waals surface area (Å²) in [6.07, 6.45) is 3.52. The van der Waals surface area contributed by atoms with E-state index >= 15 is 0 Å². The van der Waals surface area contributed by atoms with Crippen molar-refractivity contribution in [3.8, 4) is 0 Å². The molecule has 2 rings (SSSR count). The second-order valence-electron chi connectivity index (χ2n) is 4.73. The molecule has 2 unspecified atom stereocenters. The van der Waals surface area contributed by atoms with E-state index in [1.807, 2.05) is 29.2 Å². The van der Waals surface area contributed by atoms with Crippen LogP contribution in [0.3, 0.4) is 0 Å². The fraction of sp³-hybridized carbons (Fsp3) is 0.400. The molecular formula is C15H19NO. The van der Waals surface area contributed by atoms with Gasteiger partial charge < -0.3 is 4.90 Å². The first-order valence-electron chi connectivity index (χ1n) is 6.17. The van der Waals surface area contributed by atoms with E-state index in [-0.39, 0.29) is 11.9 Å². The summed E-state index contributed by atoms with van der Waals surface area (Å²) in [6, 6.07) is 10.4. The van der Waals surface area contributed by atoms with Crippen molar-refractivity contribution >= 4 is 5.91 Å². The third-order valence-electron chi connectivity index (χ3n) is 3.49. The molecular weight excluding hydrogens is 210 g/mol. The molecule has 0 N–H and O–H groups in total. The normalized spacial score (nSPS) is 21.6. The van der Waals surface area contributed by atoms with Crippen LogP contribution in [0.15, 0.2) is 43.0 Å². The predicted octanol–water partition coefficient (Wildman–Crippen LogP) is 3.17. The number of benzene rings is 1. The van der Waals surface area contributed by atoms with Crippen molar-refractivity contribution in [1.82, 2.24) is 4.90 Å². The summed E-state index contributed by atoms with van der Waals surface area (Å²) in [5.74, 6) is 0.722. The van der Waals surface area contributed by atoms with Crippen LogP contribution in [0.25, 0.3) is 0 Å². The van der Waals surface area contributed by atoms with Gasteiger partial charge >= 0.3 is 0 Å². The van der Waals surface area contributed by atoms with Gasteiger partial charge in [0.2, 0.25) is 5.91 Å². The Morgan fingerprint density at radius 3 is 2.82 bits per heavy atom. The second kappa shape index (κ2) is 5.17. The topological polar surface area (TPSA) is 20.3 Å². The minimum absolute atomic E-state index is 0.179. The van der Waals surface area contributed by atoms with Gasteiger partial charge in [0.25, 0.3) is 0 Å². The van der Waals surface area contributed by atoms with Crippen molar-refractivity contribution in [1.29, 1.82) is 0 Å². The largest absolute Gasteiger partial charge is 0.336 e. The monoisotopic (exact) mass is 229 g/mol. The summed E-state index contributed by atoms with van der Waals surface area (Å²) in [6.45, 7) is 6.71. The highest BCUT2D eigenvalue weighted by Crippen LogP contribution is 2.29. The van der Waals surface area contributed by atoms with Crippen LogP contribution in [0.4, 0.5) is 0 Å². The highest BCUT2D eigenvalue weighted by molar-refractivity contribution is 5.79. The molecule has 0 aromatic heterocycles. The molecule has 1 heterocycles. The quantitative estimate of drug-likeness (QED) is 0.726. The van der Waals surface area contributed by atoms with Crippen LogP contribution < -0.4 is 0 Å². The molecule has 1 saturated heterocycles. The lowest BCUT2D eigenvalue weighted by Crippen LogP contribution is -2.28. The minimum atomic E-state index is 0.179. The summed E-state index contributed by atoms with van der Waals surface area (Å²) >= 11 is 0. The Morgan fingerprint density at radius 1 is 1.47 bits per heavy atom. The number of rotatable bonds is 4. The number of amides is 1. The van der Waals surface area contributed by atoms with Gasteiger partial charge in [0, 0.05) is 13.0 Å². The van der Waals surface area contributed by atoms with Gasteiger partial charge in [0.05, 0.1) is 6.04 Å². The average Bonchev–Trinajstić information content (AvgIpc) is 2.71. The zero-order valence-electron chi connectivity index (χ0n) is 10.3. The third kappa shape index (κ3) is 2.57. The van der Waals surface area contributed by atoms with Gasteiger partial charge in [-0.15, -0.1) is 6.58 Å². The van der Waals surface area contributed by atoms with Crippen LogP contribution >= 0.6 is 0 Å². The van der Waals surface area contributed by atoms with E-state index in [1.165, 1.54) is 5.56 Å². The molecule has 2 heteroatoms. The number of nitrogens with zero attached hydrogens (tertiary/aromatic N) is 1. The minimum Gasteiger partial charge on any atom is -0.336 e. The lowest BCUT2D eigenvalue weighted by atomic mass is 10.0. The lowest BCUT2D eigenvalue weighted by molar-refractivity contribution is -0.129. The van der Waals surface area contributed by atoms with Gasteiger partial charge in [-0.25, -0.2) is 0 Å².